The highest BCUT2D eigenvalue weighted by Gasteiger charge is 2.03. The van der Waals surface area contributed by atoms with Gasteiger partial charge in [0.1, 0.15) is 0 Å². The largest absolute Gasteiger partial charge is 0.366 e. The Morgan fingerprint density at radius 2 is 2.25 bits per heavy atom. The number of benzene rings is 1. The summed E-state index contributed by atoms with van der Waals surface area (Å²) in [6.45, 7) is 5.83. The van der Waals surface area contributed by atoms with Crippen LogP contribution in [0.15, 0.2) is 24.3 Å². The summed E-state index contributed by atoms with van der Waals surface area (Å²) in [6, 6.07) is 7.23. The lowest BCUT2D eigenvalue weighted by Gasteiger charge is -2.05. The number of nitrogens with two attached hydrogens (primary N) is 1. The normalized spacial score (nSPS) is 10.2. The fraction of sp³-hybridized carbons (Fsp3) is 0.200. The first-order valence-corrected chi connectivity index (χ1v) is 3.84. The fourth-order valence-electron chi connectivity index (χ4n) is 0.998. The standard InChI is InChI=1S/C10H12NO/c1-7(2)8-4-3-5-9(6-8)10(11)12/h3-7H,1H2,2H3,(H2,11,12). The number of hydrogen-bond donors (Lipinski definition) is 1. The maximum absolute atomic E-state index is 10.8. The van der Waals surface area contributed by atoms with E-state index in [9.17, 15) is 4.79 Å². The van der Waals surface area contributed by atoms with Crippen LogP contribution in [-0.4, -0.2) is 5.91 Å². The monoisotopic (exact) mass is 162 g/mol. The third-order valence-electron chi connectivity index (χ3n) is 1.74. The predicted octanol–water partition coefficient (Wildman–Crippen LogP) is 1.72. The molecule has 12 heavy (non-hydrogen) atoms. The molecule has 1 radical (unpaired) electrons. The van der Waals surface area contributed by atoms with Gasteiger partial charge < -0.3 is 5.73 Å². The van der Waals surface area contributed by atoms with Gasteiger partial charge in [0.05, 0.1) is 0 Å². The van der Waals surface area contributed by atoms with Gasteiger partial charge in [0.15, 0.2) is 0 Å². The molecule has 2 N–H and O–H groups in total. The molecule has 0 aromatic heterocycles. The molecule has 1 rings (SSSR count). The number of rotatable bonds is 2. The predicted molar refractivity (Wildman–Crippen MR) is 48.7 cm³/mol. The van der Waals surface area contributed by atoms with E-state index in [1.165, 1.54) is 0 Å². The number of primary amides is 1. The Hall–Kier alpha value is -1.31. The third kappa shape index (κ3) is 1.84. The van der Waals surface area contributed by atoms with E-state index in [0.717, 1.165) is 5.56 Å². The second-order valence-corrected chi connectivity index (χ2v) is 2.89. The van der Waals surface area contributed by atoms with Crippen LogP contribution < -0.4 is 5.73 Å². The Morgan fingerprint density at radius 3 is 2.75 bits per heavy atom. The second-order valence-electron chi connectivity index (χ2n) is 2.89. The van der Waals surface area contributed by atoms with Crippen LogP contribution in [0.25, 0.3) is 0 Å². The van der Waals surface area contributed by atoms with Crippen LogP contribution in [0.4, 0.5) is 0 Å². The molecule has 0 aliphatic carbocycles. The maximum atomic E-state index is 10.8. The molecule has 1 atom stereocenters. The van der Waals surface area contributed by atoms with Crippen molar-refractivity contribution in [2.24, 2.45) is 5.73 Å². The van der Waals surface area contributed by atoms with Gasteiger partial charge in [0, 0.05) is 5.56 Å². The quantitative estimate of drug-likeness (QED) is 0.707. The molecule has 0 bridgehead atoms. The summed E-state index contributed by atoms with van der Waals surface area (Å²) in [7, 11) is 0. The van der Waals surface area contributed by atoms with E-state index in [1.807, 2.05) is 19.1 Å². The summed E-state index contributed by atoms with van der Waals surface area (Å²) >= 11 is 0. The van der Waals surface area contributed by atoms with Crippen LogP contribution >= 0.6 is 0 Å². The lowest BCUT2D eigenvalue weighted by atomic mass is 10.0. The summed E-state index contributed by atoms with van der Waals surface area (Å²) in [5.74, 6) is -0.207. The molecule has 0 fully saturated rings. The molecule has 0 saturated heterocycles. The highest BCUT2D eigenvalue weighted by molar-refractivity contribution is 5.92. The van der Waals surface area contributed by atoms with E-state index in [-0.39, 0.29) is 5.92 Å². The first-order valence-electron chi connectivity index (χ1n) is 3.84. The van der Waals surface area contributed by atoms with Gasteiger partial charge in [-0.2, -0.15) is 0 Å². The topological polar surface area (TPSA) is 43.1 Å². The second kappa shape index (κ2) is 3.39. The van der Waals surface area contributed by atoms with Crippen molar-refractivity contribution >= 4 is 5.91 Å². The molecular weight excluding hydrogens is 150 g/mol. The third-order valence-corrected chi connectivity index (χ3v) is 1.74. The molecular formula is C10H12NO. The van der Waals surface area contributed by atoms with Crippen molar-refractivity contribution < 1.29 is 4.79 Å². The van der Waals surface area contributed by atoms with Gasteiger partial charge in [0.2, 0.25) is 5.91 Å². The summed E-state index contributed by atoms with van der Waals surface area (Å²) < 4.78 is 0. The molecule has 1 amide bonds. The van der Waals surface area contributed by atoms with Gasteiger partial charge >= 0.3 is 0 Å². The van der Waals surface area contributed by atoms with Crippen molar-refractivity contribution in [3.8, 4) is 0 Å². The van der Waals surface area contributed by atoms with Crippen molar-refractivity contribution in [3.63, 3.8) is 0 Å². The average molecular weight is 162 g/mol. The molecule has 1 unspecified atom stereocenters. The van der Waals surface area contributed by atoms with E-state index in [1.54, 1.807) is 12.1 Å². The Balaban J connectivity index is 3.04. The Kier molecular flexibility index (Phi) is 2.48. The summed E-state index contributed by atoms with van der Waals surface area (Å²) in [4.78, 5) is 10.8. The smallest absolute Gasteiger partial charge is 0.248 e. The molecule has 0 spiro atoms. The molecule has 2 nitrogen and oxygen atoms in total. The van der Waals surface area contributed by atoms with Crippen molar-refractivity contribution in [2.75, 3.05) is 0 Å². The highest BCUT2D eigenvalue weighted by atomic mass is 16.1. The Labute approximate surface area is 72.4 Å². The summed E-state index contributed by atoms with van der Waals surface area (Å²) in [5, 5.41) is 0. The fourth-order valence-corrected chi connectivity index (χ4v) is 0.998. The minimum absolute atomic E-state index is 0.185. The zero-order valence-corrected chi connectivity index (χ0v) is 7.08. The minimum Gasteiger partial charge on any atom is -0.366 e. The van der Waals surface area contributed by atoms with Gasteiger partial charge in [-0.25, -0.2) is 0 Å². The van der Waals surface area contributed by atoms with Crippen LogP contribution in [0, 0.1) is 6.92 Å². The molecule has 0 aliphatic heterocycles. The van der Waals surface area contributed by atoms with Gasteiger partial charge in [0.25, 0.3) is 0 Å². The Morgan fingerprint density at radius 1 is 1.58 bits per heavy atom. The maximum Gasteiger partial charge on any atom is 0.248 e. The van der Waals surface area contributed by atoms with E-state index in [2.05, 4.69) is 6.92 Å². The molecule has 0 heterocycles. The van der Waals surface area contributed by atoms with Crippen LogP contribution in [0.3, 0.4) is 0 Å². The van der Waals surface area contributed by atoms with Crippen LogP contribution in [0.2, 0.25) is 0 Å². The molecule has 2 heteroatoms. The Bertz CT molecular complexity index is 292. The number of amides is 1. The van der Waals surface area contributed by atoms with E-state index < -0.39 is 5.91 Å². The van der Waals surface area contributed by atoms with Gasteiger partial charge in [-0.15, -0.1) is 0 Å². The summed E-state index contributed by atoms with van der Waals surface area (Å²) in [5.41, 5.74) is 6.70. The van der Waals surface area contributed by atoms with E-state index >= 15 is 0 Å². The van der Waals surface area contributed by atoms with Gasteiger partial charge in [-0.3, -0.25) is 4.79 Å². The SMILES string of the molecule is [CH2]C(C)c1cccc(C(N)=O)c1. The molecule has 0 aliphatic rings. The highest BCUT2D eigenvalue weighted by Crippen LogP contribution is 2.14. The van der Waals surface area contributed by atoms with Gasteiger partial charge in [-0.05, 0) is 30.5 Å². The van der Waals surface area contributed by atoms with Crippen molar-refractivity contribution in [2.45, 2.75) is 12.8 Å². The van der Waals surface area contributed by atoms with E-state index in [4.69, 9.17) is 5.73 Å². The lowest BCUT2D eigenvalue weighted by molar-refractivity contribution is 0.1000. The van der Waals surface area contributed by atoms with Crippen molar-refractivity contribution in [3.05, 3.63) is 42.3 Å². The molecule has 1 aromatic carbocycles. The molecule has 63 valence electrons. The number of carbonyl (C=O) groups is 1. The summed E-state index contributed by atoms with van der Waals surface area (Å²) in [6.07, 6.45) is 0. The van der Waals surface area contributed by atoms with Crippen LogP contribution in [-0.2, 0) is 0 Å². The first-order chi connectivity index (χ1) is 5.61. The zero-order valence-electron chi connectivity index (χ0n) is 7.08. The van der Waals surface area contributed by atoms with Crippen molar-refractivity contribution in [1.82, 2.24) is 0 Å². The van der Waals surface area contributed by atoms with Gasteiger partial charge in [-0.1, -0.05) is 19.1 Å². The van der Waals surface area contributed by atoms with E-state index in [0.29, 0.717) is 5.56 Å². The van der Waals surface area contributed by atoms with Crippen LogP contribution in [0.1, 0.15) is 28.8 Å². The number of hydrogen-bond acceptors (Lipinski definition) is 1. The van der Waals surface area contributed by atoms with Crippen molar-refractivity contribution in [1.29, 1.82) is 0 Å². The molecule has 1 aromatic rings. The molecule has 0 saturated carbocycles. The number of carbonyl (C=O) groups excluding carboxylic acids is 1. The first kappa shape index (κ1) is 8.78. The average Bonchev–Trinajstić information content (AvgIpc) is 2.04. The lowest BCUT2D eigenvalue weighted by Crippen LogP contribution is -2.11. The van der Waals surface area contributed by atoms with Crippen LogP contribution in [0.5, 0.6) is 0 Å². The zero-order chi connectivity index (χ0) is 9.14. The minimum atomic E-state index is -0.391.